The molecule has 70 valence electrons. The number of alkyl halides is 2. The largest absolute Gasteiger partial charge is 0.379 e. The van der Waals surface area contributed by atoms with Gasteiger partial charge in [0.2, 0.25) is 0 Å². The van der Waals surface area contributed by atoms with Gasteiger partial charge in [-0.2, -0.15) is 0 Å². The van der Waals surface area contributed by atoms with Gasteiger partial charge in [-0.1, -0.05) is 17.7 Å². The van der Waals surface area contributed by atoms with Crippen LogP contribution in [-0.4, -0.2) is 12.5 Å². The second-order valence-electron chi connectivity index (χ2n) is 3.15. The van der Waals surface area contributed by atoms with Gasteiger partial charge in [0.05, 0.1) is 6.54 Å². The summed E-state index contributed by atoms with van der Waals surface area (Å²) in [6, 6.07) is 5.14. The maximum atomic E-state index is 12.9. The van der Waals surface area contributed by atoms with Crippen LogP contribution in [0, 0.1) is 0 Å². The topological polar surface area (TPSA) is 12.0 Å². The maximum absolute atomic E-state index is 12.9. The van der Waals surface area contributed by atoms with Crippen molar-refractivity contribution in [1.82, 2.24) is 0 Å². The Morgan fingerprint density at radius 3 is 2.92 bits per heavy atom. The van der Waals surface area contributed by atoms with Gasteiger partial charge < -0.3 is 5.32 Å². The van der Waals surface area contributed by atoms with Crippen molar-refractivity contribution in [2.45, 2.75) is 12.3 Å². The smallest absolute Gasteiger partial charge is 0.269 e. The van der Waals surface area contributed by atoms with Gasteiger partial charge >= 0.3 is 0 Å². The summed E-state index contributed by atoms with van der Waals surface area (Å²) < 4.78 is 25.9. The van der Waals surface area contributed by atoms with Gasteiger partial charge in [-0.15, -0.1) is 0 Å². The summed E-state index contributed by atoms with van der Waals surface area (Å²) >= 11 is 5.80. The van der Waals surface area contributed by atoms with Gasteiger partial charge in [-0.3, -0.25) is 0 Å². The van der Waals surface area contributed by atoms with Gasteiger partial charge in [0, 0.05) is 17.1 Å². The maximum Gasteiger partial charge on any atom is 0.269 e. The van der Waals surface area contributed by atoms with Crippen molar-refractivity contribution in [2.75, 3.05) is 11.9 Å². The normalized spacial score (nSPS) is 19.0. The van der Waals surface area contributed by atoms with Crippen molar-refractivity contribution in [3.63, 3.8) is 0 Å². The molecule has 1 aromatic carbocycles. The number of anilines is 1. The monoisotopic (exact) mass is 203 g/mol. The average molecular weight is 204 g/mol. The third-order valence-electron chi connectivity index (χ3n) is 2.09. The molecule has 1 nitrogen and oxygen atoms in total. The molecule has 0 aliphatic carbocycles. The fraction of sp³-hybridized carbons (Fsp3) is 0.333. The molecule has 13 heavy (non-hydrogen) atoms. The average Bonchev–Trinajstić information content (AvgIpc) is 2.06. The van der Waals surface area contributed by atoms with Crippen molar-refractivity contribution < 1.29 is 8.78 Å². The van der Waals surface area contributed by atoms with E-state index in [1.165, 1.54) is 0 Å². The Kier molecular flexibility index (Phi) is 1.91. The number of benzene rings is 1. The van der Waals surface area contributed by atoms with Crippen LogP contribution < -0.4 is 5.32 Å². The molecule has 0 fully saturated rings. The quantitative estimate of drug-likeness (QED) is 0.684. The molecule has 1 aliphatic rings. The zero-order valence-electron chi connectivity index (χ0n) is 6.78. The Morgan fingerprint density at radius 2 is 2.15 bits per heavy atom. The second kappa shape index (κ2) is 2.84. The van der Waals surface area contributed by atoms with Crippen molar-refractivity contribution in [3.05, 3.63) is 28.8 Å². The fourth-order valence-electron chi connectivity index (χ4n) is 1.45. The zero-order valence-corrected chi connectivity index (χ0v) is 7.54. The molecule has 0 radical (unpaired) electrons. The first-order chi connectivity index (χ1) is 6.08. The molecule has 0 amide bonds. The molecule has 0 bridgehead atoms. The van der Waals surface area contributed by atoms with Gasteiger partial charge in [0.15, 0.2) is 0 Å². The van der Waals surface area contributed by atoms with E-state index in [0.717, 1.165) is 5.69 Å². The van der Waals surface area contributed by atoms with Gasteiger partial charge in [0.25, 0.3) is 5.92 Å². The predicted octanol–water partition coefficient (Wildman–Crippen LogP) is 2.94. The van der Waals surface area contributed by atoms with E-state index in [1.54, 1.807) is 18.2 Å². The lowest BCUT2D eigenvalue weighted by Crippen LogP contribution is -2.34. The van der Waals surface area contributed by atoms with Crippen LogP contribution in [0.2, 0.25) is 5.02 Å². The standard InChI is InChI=1S/C9H8ClF2N/c10-7-2-1-3-8-6(7)4-9(11,12)5-13-8/h1-3,13H,4-5H2. The Bertz CT molecular complexity index is 338. The number of halogens is 3. The zero-order chi connectivity index (χ0) is 9.47. The number of fused-ring (bicyclic) bond motifs is 1. The predicted molar refractivity (Wildman–Crippen MR) is 48.6 cm³/mol. The van der Waals surface area contributed by atoms with Crippen LogP contribution in [-0.2, 0) is 6.42 Å². The van der Waals surface area contributed by atoms with E-state index in [4.69, 9.17) is 11.6 Å². The first-order valence-electron chi connectivity index (χ1n) is 3.98. The van der Waals surface area contributed by atoms with Gasteiger partial charge in [-0.05, 0) is 17.7 Å². The summed E-state index contributed by atoms with van der Waals surface area (Å²) in [4.78, 5) is 0. The van der Waals surface area contributed by atoms with Crippen molar-refractivity contribution in [3.8, 4) is 0 Å². The molecular formula is C9H8ClF2N. The second-order valence-corrected chi connectivity index (χ2v) is 3.56. The lowest BCUT2D eigenvalue weighted by atomic mass is 10.0. The highest BCUT2D eigenvalue weighted by Gasteiger charge is 2.34. The van der Waals surface area contributed by atoms with Crippen LogP contribution in [0.25, 0.3) is 0 Å². The molecule has 0 saturated heterocycles. The molecule has 0 saturated carbocycles. The van der Waals surface area contributed by atoms with Crippen molar-refractivity contribution in [2.24, 2.45) is 0 Å². The van der Waals surface area contributed by atoms with E-state index < -0.39 is 5.92 Å². The van der Waals surface area contributed by atoms with Gasteiger partial charge in [0.1, 0.15) is 0 Å². The Morgan fingerprint density at radius 1 is 1.38 bits per heavy atom. The van der Waals surface area contributed by atoms with Crippen molar-refractivity contribution >= 4 is 17.3 Å². The third kappa shape index (κ3) is 1.61. The molecule has 2 rings (SSSR count). The molecule has 1 aromatic rings. The Balaban J connectivity index is 2.44. The summed E-state index contributed by atoms with van der Waals surface area (Å²) in [7, 11) is 0. The van der Waals surface area contributed by atoms with Crippen LogP contribution >= 0.6 is 11.6 Å². The highest BCUT2D eigenvalue weighted by Crippen LogP contribution is 2.34. The summed E-state index contributed by atoms with van der Waals surface area (Å²) in [5, 5.41) is 3.07. The minimum atomic E-state index is -2.68. The molecule has 4 heteroatoms. The molecular weight excluding hydrogens is 196 g/mol. The molecule has 0 atom stereocenters. The highest BCUT2D eigenvalue weighted by molar-refractivity contribution is 6.31. The summed E-state index contributed by atoms with van der Waals surface area (Å²) in [6.07, 6.45) is -0.269. The third-order valence-corrected chi connectivity index (χ3v) is 2.45. The van der Waals surface area contributed by atoms with E-state index >= 15 is 0 Å². The van der Waals surface area contributed by atoms with E-state index in [1.807, 2.05) is 0 Å². The SMILES string of the molecule is FC1(F)CNc2cccc(Cl)c2C1. The van der Waals surface area contributed by atoms with E-state index in [0.29, 0.717) is 10.6 Å². The van der Waals surface area contributed by atoms with Crippen LogP contribution in [0.15, 0.2) is 18.2 Å². The first kappa shape index (κ1) is 8.75. The number of hydrogen-bond acceptors (Lipinski definition) is 1. The molecule has 0 aromatic heterocycles. The number of hydrogen-bond donors (Lipinski definition) is 1. The minimum absolute atomic E-state index is 0.269. The molecule has 1 N–H and O–H groups in total. The lowest BCUT2D eigenvalue weighted by molar-refractivity contribution is 0.0130. The molecule has 0 unspecified atom stereocenters. The molecule has 1 aliphatic heterocycles. The number of nitrogens with one attached hydrogen (secondary N) is 1. The van der Waals surface area contributed by atoms with Crippen LogP contribution in [0.5, 0.6) is 0 Å². The van der Waals surface area contributed by atoms with Crippen molar-refractivity contribution in [1.29, 1.82) is 0 Å². The van der Waals surface area contributed by atoms with E-state index in [-0.39, 0.29) is 13.0 Å². The highest BCUT2D eigenvalue weighted by atomic mass is 35.5. The Labute approximate surface area is 79.7 Å². The van der Waals surface area contributed by atoms with Gasteiger partial charge in [-0.25, -0.2) is 8.78 Å². The minimum Gasteiger partial charge on any atom is -0.379 e. The molecule has 1 heterocycles. The van der Waals surface area contributed by atoms with E-state index in [9.17, 15) is 8.78 Å². The first-order valence-corrected chi connectivity index (χ1v) is 4.35. The Hall–Kier alpha value is -0.830. The summed E-state index contributed by atoms with van der Waals surface area (Å²) in [5.74, 6) is -2.68. The lowest BCUT2D eigenvalue weighted by Gasteiger charge is -2.26. The van der Waals surface area contributed by atoms with Crippen LogP contribution in [0.1, 0.15) is 5.56 Å². The van der Waals surface area contributed by atoms with Crippen LogP contribution in [0.3, 0.4) is 0 Å². The molecule has 0 spiro atoms. The van der Waals surface area contributed by atoms with Crippen LogP contribution in [0.4, 0.5) is 14.5 Å². The van der Waals surface area contributed by atoms with E-state index in [2.05, 4.69) is 5.32 Å². The summed E-state index contributed by atoms with van der Waals surface area (Å²) in [5.41, 5.74) is 1.24. The summed E-state index contributed by atoms with van der Waals surface area (Å²) in [6.45, 7) is -0.305. The number of rotatable bonds is 0. The fourth-order valence-corrected chi connectivity index (χ4v) is 1.69.